The van der Waals surface area contributed by atoms with Crippen LogP contribution in [0.1, 0.15) is 37.7 Å². The highest BCUT2D eigenvalue weighted by atomic mass is 19.4. The van der Waals surface area contributed by atoms with Crippen molar-refractivity contribution in [3.63, 3.8) is 0 Å². The summed E-state index contributed by atoms with van der Waals surface area (Å²) in [6.45, 7) is 5.19. The number of benzene rings is 2. The van der Waals surface area contributed by atoms with Crippen molar-refractivity contribution in [3.05, 3.63) is 82.7 Å². The van der Waals surface area contributed by atoms with Gasteiger partial charge in [0.15, 0.2) is 0 Å². The Labute approximate surface area is 194 Å². The second-order valence-electron chi connectivity index (χ2n) is 8.32. The highest BCUT2D eigenvalue weighted by Gasteiger charge is 2.31. The quantitative estimate of drug-likeness (QED) is 0.595. The Kier molecular flexibility index (Phi) is 6.12. The lowest BCUT2D eigenvalue weighted by Gasteiger charge is -2.36. The zero-order chi connectivity index (χ0) is 24.6. The summed E-state index contributed by atoms with van der Waals surface area (Å²) in [6.07, 6.45) is -4.41. The fourth-order valence-electron chi connectivity index (χ4n) is 4.31. The number of aromatic nitrogens is 1. The van der Waals surface area contributed by atoms with Gasteiger partial charge in [-0.1, -0.05) is 6.07 Å². The van der Waals surface area contributed by atoms with Crippen molar-refractivity contribution in [2.45, 2.75) is 20.0 Å². The van der Waals surface area contributed by atoms with Gasteiger partial charge in [-0.2, -0.15) is 13.2 Å². The van der Waals surface area contributed by atoms with Gasteiger partial charge in [0.1, 0.15) is 0 Å². The largest absolute Gasteiger partial charge is 0.478 e. The monoisotopic (exact) mass is 471 g/mol. The summed E-state index contributed by atoms with van der Waals surface area (Å²) in [7, 11) is 0. The molecule has 0 unspecified atom stereocenters. The first kappa shape index (κ1) is 23.4. The van der Waals surface area contributed by atoms with Crippen molar-refractivity contribution in [2.24, 2.45) is 0 Å². The predicted octanol–water partition coefficient (Wildman–Crippen LogP) is 4.77. The molecule has 1 amide bonds. The Hall–Kier alpha value is -3.75. The van der Waals surface area contributed by atoms with E-state index in [-0.39, 0.29) is 11.5 Å². The Morgan fingerprint density at radius 3 is 2.12 bits per heavy atom. The van der Waals surface area contributed by atoms with Crippen LogP contribution in [0.2, 0.25) is 0 Å². The van der Waals surface area contributed by atoms with Crippen molar-refractivity contribution in [1.29, 1.82) is 0 Å². The van der Waals surface area contributed by atoms with Crippen molar-refractivity contribution >= 4 is 17.6 Å². The van der Waals surface area contributed by atoms with Gasteiger partial charge in [-0.15, -0.1) is 0 Å². The number of nitrogens with zero attached hydrogens (tertiary/aromatic N) is 3. The molecule has 1 aromatic heterocycles. The third-order valence-electron chi connectivity index (χ3n) is 6.09. The van der Waals surface area contributed by atoms with Gasteiger partial charge in [0, 0.05) is 48.8 Å². The number of amides is 1. The van der Waals surface area contributed by atoms with E-state index >= 15 is 0 Å². The van der Waals surface area contributed by atoms with Crippen molar-refractivity contribution in [1.82, 2.24) is 9.47 Å². The van der Waals surface area contributed by atoms with Crippen LogP contribution in [0.15, 0.2) is 54.6 Å². The molecule has 1 N–H and O–H groups in total. The van der Waals surface area contributed by atoms with Gasteiger partial charge in [0.05, 0.1) is 16.8 Å². The minimum Gasteiger partial charge on any atom is -0.478 e. The smallest absolute Gasteiger partial charge is 0.416 e. The highest BCUT2D eigenvalue weighted by molar-refractivity contribution is 5.98. The summed E-state index contributed by atoms with van der Waals surface area (Å²) in [5.74, 6) is -1.33. The van der Waals surface area contributed by atoms with Gasteiger partial charge in [-0.25, -0.2) is 4.79 Å². The van der Waals surface area contributed by atoms with Gasteiger partial charge in [-0.05, 0) is 62.4 Å². The first-order valence-corrected chi connectivity index (χ1v) is 10.8. The minimum atomic E-state index is -4.41. The summed E-state index contributed by atoms with van der Waals surface area (Å²) < 4.78 is 40.9. The van der Waals surface area contributed by atoms with E-state index in [0.717, 1.165) is 23.5 Å². The molecule has 6 nitrogen and oxygen atoms in total. The van der Waals surface area contributed by atoms with E-state index in [1.165, 1.54) is 18.2 Å². The number of rotatable bonds is 4. The van der Waals surface area contributed by atoms with E-state index in [4.69, 9.17) is 0 Å². The number of carbonyl (C=O) groups is 2. The standard InChI is InChI=1S/C25H24F3N3O3/c1-16-6-7-17(2)31(16)22-14-18(8-9-21(22)24(33)34)23(32)30-12-10-29(11-13-30)20-5-3-4-19(15-20)25(26,27)28/h3-9,14-15H,10-13H2,1-2H3,(H,33,34). The number of alkyl halides is 3. The Balaban J connectivity index is 1.54. The van der Waals surface area contributed by atoms with E-state index in [1.807, 2.05) is 30.9 Å². The minimum absolute atomic E-state index is 0.0910. The Bertz CT molecular complexity index is 1220. The molecule has 9 heteroatoms. The molecule has 1 aliphatic rings. The van der Waals surface area contributed by atoms with E-state index in [2.05, 4.69) is 0 Å². The number of aromatic carboxylic acids is 1. The fraction of sp³-hybridized carbons (Fsp3) is 0.280. The maximum atomic E-state index is 13.2. The molecule has 2 aromatic carbocycles. The number of halogens is 3. The molecule has 0 saturated carbocycles. The number of aryl methyl sites for hydroxylation is 2. The first-order chi connectivity index (χ1) is 16.1. The number of carbonyl (C=O) groups excluding carboxylic acids is 1. The van der Waals surface area contributed by atoms with E-state index in [0.29, 0.717) is 43.1 Å². The van der Waals surface area contributed by atoms with Crippen LogP contribution in [0.5, 0.6) is 0 Å². The maximum Gasteiger partial charge on any atom is 0.416 e. The van der Waals surface area contributed by atoms with Gasteiger partial charge in [0.2, 0.25) is 0 Å². The maximum absolute atomic E-state index is 13.2. The van der Waals surface area contributed by atoms with Crippen molar-refractivity contribution < 1.29 is 27.9 Å². The zero-order valence-corrected chi connectivity index (χ0v) is 18.8. The lowest BCUT2D eigenvalue weighted by molar-refractivity contribution is -0.137. The molecule has 34 heavy (non-hydrogen) atoms. The number of hydrogen-bond donors (Lipinski definition) is 1. The van der Waals surface area contributed by atoms with Crippen LogP contribution in [0.4, 0.5) is 18.9 Å². The molecule has 0 aliphatic carbocycles. The SMILES string of the molecule is Cc1ccc(C)n1-c1cc(C(=O)N2CCN(c3cccc(C(F)(F)F)c3)CC2)ccc1C(=O)O. The van der Waals surface area contributed by atoms with Gasteiger partial charge >= 0.3 is 12.1 Å². The van der Waals surface area contributed by atoms with Gasteiger partial charge in [0.25, 0.3) is 5.91 Å². The molecular formula is C25H24F3N3O3. The number of carboxylic acid groups (broad SMARTS) is 1. The molecule has 2 heterocycles. The number of hydrogen-bond acceptors (Lipinski definition) is 3. The molecule has 1 aliphatic heterocycles. The second-order valence-corrected chi connectivity index (χ2v) is 8.32. The van der Waals surface area contributed by atoms with Crippen LogP contribution in [-0.2, 0) is 6.18 Å². The average Bonchev–Trinajstić information content (AvgIpc) is 3.15. The van der Waals surface area contributed by atoms with Gasteiger partial charge in [-0.3, -0.25) is 4.79 Å². The highest BCUT2D eigenvalue weighted by Crippen LogP contribution is 2.32. The van der Waals surface area contributed by atoms with Crippen LogP contribution in [0.3, 0.4) is 0 Å². The van der Waals surface area contributed by atoms with E-state index in [9.17, 15) is 27.9 Å². The van der Waals surface area contributed by atoms with Crippen LogP contribution < -0.4 is 4.90 Å². The lowest BCUT2D eigenvalue weighted by atomic mass is 10.1. The van der Waals surface area contributed by atoms with Crippen LogP contribution in [-0.4, -0.2) is 52.6 Å². The molecule has 0 bridgehead atoms. The third-order valence-corrected chi connectivity index (χ3v) is 6.09. The first-order valence-electron chi connectivity index (χ1n) is 10.8. The Morgan fingerprint density at radius 1 is 0.882 bits per heavy atom. The number of carboxylic acids is 1. The molecular weight excluding hydrogens is 447 g/mol. The normalized spacial score (nSPS) is 14.4. The molecule has 3 aromatic rings. The summed E-state index contributed by atoms with van der Waals surface area (Å²) in [6, 6.07) is 13.4. The summed E-state index contributed by atoms with van der Waals surface area (Å²) in [5.41, 5.74) is 2.33. The average molecular weight is 471 g/mol. The van der Waals surface area contributed by atoms with E-state index in [1.54, 1.807) is 21.6 Å². The molecule has 0 atom stereocenters. The van der Waals surface area contributed by atoms with Crippen LogP contribution in [0.25, 0.3) is 5.69 Å². The predicted molar refractivity (Wildman–Crippen MR) is 122 cm³/mol. The third kappa shape index (κ3) is 4.50. The van der Waals surface area contributed by atoms with Gasteiger partial charge < -0.3 is 19.5 Å². The molecule has 0 spiro atoms. The second kappa shape index (κ2) is 8.89. The van der Waals surface area contributed by atoms with Crippen molar-refractivity contribution in [2.75, 3.05) is 31.1 Å². The fourth-order valence-corrected chi connectivity index (χ4v) is 4.31. The number of piperazine rings is 1. The lowest BCUT2D eigenvalue weighted by Crippen LogP contribution is -2.48. The molecule has 178 valence electrons. The summed E-state index contributed by atoms with van der Waals surface area (Å²) in [5, 5.41) is 9.65. The van der Waals surface area contributed by atoms with Crippen LogP contribution >= 0.6 is 0 Å². The molecule has 1 fully saturated rings. The van der Waals surface area contributed by atoms with Crippen molar-refractivity contribution in [3.8, 4) is 5.69 Å². The molecule has 4 rings (SSSR count). The van der Waals surface area contributed by atoms with Crippen LogP contribution in [0, 0.1) is 13.8 Å². The topological polar surface area (TPSA) is 65.8 Å². The summed E-state index contributed by atoms with van der Waals surface area (Å²) in [4.78, 5) is 28.5. The molecule has 1 saturated heterocycles. The number of anilines is 1. The summed E-state index contributed by atoms with van der Waals surface area (Å²) >= 11 is 0. The Morgan fingerprint density at radius 2 is 1.53 bits per heavy atom. The molecule has 0 radical (unpaired) electrons. The van der Waals surface area contributed by atoms with E-state index < -0.39 is 17.7 Å². The zero-order valence-electron chi connectivity index (χ0n) is 18.8.